The van der Waals surface area contributed by atoms with Crippen LogP contribution >= 0.6 is 11.6 Å². The van der Waals surface area contributed by atoms with Crippen molar-refractivity contribution in [3.05, 3.63) is 24.3 Å². The maximum Gasteiger partial charge on any atom is 0.142 e. The SMILES string of the molecule is CCOCCOc1ccccc1NCC(O)CCl. The predicted molar refractivity (Wildman–Crippen MR) is 73.6 cm³/mol. The number of hydrogen-bond acceptors (Lipinski definition) is 4. The zero-order valence-electron chi connectivity index (χ0n) is 10.6. The molecule has 102 valence electrons. The Balaban J connectivity index is 2.45. The predicted octanol–water partition coefficient (Wildman–Crippen LogP) is 2.11. The molecule has 0 aliphatic carbocycles. The minimum absolute atomic E-state index is 0.209. The minimum Gasteiger partial charge on any atom is -0.489 e. The van der Waals surface area contributed by atoms with Crippen molar-refractivity contribution >= 4 is 17.3 Å². The van der Waals surface area contributed by atoms with Gasteiger partial charge in [0.1, 0.15) is 12.4 Å². The molecule has 1 aromatic rings. The zero-order chi connectivity index (χ0) is 13.2. The van der Waals surface area contributed by atoms with Crippen molar-refractivity contribution in [2.24, 2.45) is 0 Å². The van der Waals surface area contributed by atoms with E-state index in [9.17, 15) is 5.11 Å². The van der Waals surface area contributed by atoms with Crippen LogP contribution in [0.5, 0.6) is 5.75 Å². The molecule has 2 N–H and O–H groups in total. The normalized spacial score (nSPS) is 12.2. The van der Waals surface area contributed by atoms with E-state index >= 15 is 0 Å². The molecule has 1 unspecified atom stereocenters. The fraction of sp³-hybridized carbons (Fsp3) is 0.538. The summed E-state index contributed by atoms with van der Waals surface area (Å²) in [5.74, 6) is 0.958. The Morgan fingerprint density at radius 2 is 2.11 bits per heavy atom. The number of anilines is 1. The van der Waals surface area contributed by atoms with Crippen LogP contribution in [0.3, 0.4) is 0 Å². The first kappa shape index (κ1) is 15.1. The first-order valence-corrected chi connectivity index (χ1v) is 6.58. The third kappa shape index (κ3) is 5.58. The Bertz CT molecular complexity index is 336. The van der Waals surface area contributed by atoms with Crippen molar-refractivity contribution in [2.75, 3.05) is 37.6 Å². The van der Waals surface area contributed by atoms with Gasteiger partial charge in [-0.1, -0.05) is 12.1 Å². The van der Waals surface area contributed by atoms with E-state index in [0.717, 1.165) is 11.4 Å². The summed E-state index contributed by atoms with van der Waals surface area (Å²) in [5.41, 5.74) is 0.846. The molecular weight excluding hydrogens is 254 g/mol. The van der Waals surface area contributed by atoms with E-state index in [1.807, 2.05) is 31.2 Å². The molecule has 0 radical (unpaired) electrons. The number of aliphatic hydroxyl groups is 1. The highest BCUT2D eigenvalue weighted by Crippen LogP contribution is 2.23. The van der Waals surface area contributed by atoms with Crippen LogP contribution in [0.15, 0.2) is 24.3 Å². The molecule has 4 nitrogen and oxygen atoms in total. The molecule has 0 aliphatic rings. The second kappa shape index (κ2) is 9.03. The van der Waals surface area contributed by atoms with E-state index in [4.69, 9.17) is 21.1 Å². The van der Waals surface area contributed by atoms with E-state index < -0.39 is 6.10 Å². The van der Waals surface area contributed by atoms with Gasteiger partial charge in [-0.2, -0.15) is 0 Å². The van der Waals surface area contributed by atoms with Gasteiger partial charge in [0.05, 0.1) is 24.3 Å². The molecular formula is C13H20ClNO3. The minimum atomic E-state index is -0.567. The third-order valence-corrected chi connectivity index (χ3v) is 2.64. The highest BCUT2D eigenvalue weighted by Gasteiger charge is 2.05. The van der Waals surface area contributed by atoms with E-state index in [-0.39, 0.29) is 5.88 Å². The Labute approximate surface area is 113 Å². The maximum absolute atomic E-state index is 9.40. The molecule has 1 atom stereocenters. The van der Waals surface area contributed by atoms with Gasteiger partial charge in [-0.15, -0.1) is 11.6 Å². The van der Waals surface area contributed by atoms with Crippen LogP contribution in [-0.4, -0.2) is 43.5 Å². The molecule has 5 heteroatoms. The van der Waals surface area contributed by atoms with Crippen LogP contribution in [0.2, 0.25) is 0 Å². The summed E-state index contributed by atoms with van der Waals surface area (Å²) in [7, 11) is 0. The van der Waals surface area contributed by atoms with Crippen molar-refractivity contribution in [2.45, 2.75) is 13.0 Å². The van der Waals surface area contributed by atoms with Gasteiger partial charge in [-0.3, -0.25) is 0 Å². The monoisotopic (exact) mass is 273 g/mol. The Kier molecular flexibility index (Phi) is 7.57. The Hall–Kier alpha value is -0.970. The molecule has 1 aromatic carbocycles. The fourth-order valence-corrected chi connectivity index (χ4v) is 1.48. The zero-order valence-corrected chi connectivity index (χ0v) is 11.3. The molecule has 0 amide bonds. The van der Waals surface area contributed by atoms with Gasteiger partial charge in [0, 0.05) is 13.2 Å². The topological polar surface area (TPSA) is 50.7 Å². The number of para-hydroxylation sites is 2. The molecule has 0 fully saturated rings. The van der Waals surface area contributed by atoms with Crippen LogP contribution in [0, 0.1) is 0 Å². The first-order valence-electron chi connectivity index (χ1n) is 6.05. The molecule has 0 bridgehead atoms. The lowest BCUT2D eigenvalue weighted by Gasteiger charge is -2.14. The second-order valence-electron chi connectivity index (χ2n) is 3.73. The summed E-state index contributed by atoms with van der Waals surface area (Å²) in [6, 6.07) is 7.59. The van der Waals surface area contributed by atoms with E-state index in [0.29, 0.717) is 26.4 Å². The van der Waals surface area contributed by atoms with Gasteiger partial charge in [0.2, 0.25) is 0 Å². The van der Waals surface area contributed by atoms with Gasteiger partial charge >= 0.3 is 0 Å². The number of halogens is 1. The van der Waals surface area contributed by atoms with Gasteiger partial charge in [0.15, 0.2) is 0 Å². The van der Waals surface area contributed by atoms with Crippen LogP contribution in [0.1, 0.15) is 6.92 Å². The van der Waals surface area contributed by atoms with Gasteiger partial charge in [-0.25, -0.2) is 0 Å². The summed E-state index contributed by atoms with van der Waals surface area (Å²) >= 11 is 5.54. The van der Waals surface area contributed by atoms with Gasteiger partial charge < -0.3 is 19.9 Å². The lowest BCUT2D eigenvalue weighted by atomic mass is 10.3. The first-order chi connectivity index (χ1) is 8.77. The molecule has 1 rings (SSSR count). The number of rotatable bonds is 9. The van der Waals surface area contributed by atoms with Crippen LogP contribution in [0.25, 0.3) is 0 Å². The lowest BCUT2D eigenvalue weighted by Crippen LogP contribution is -2.21. The smallest absolute Gasteiger partial charge is 0.142 e. The van der Waals surface area contributed by atoms with E-state index in [2.05, 4.69) is 5.32 Å². The molecule has 0 heterocycles. The quantitative estimate of drug-likeness (QED) is 0.534. The average molecular weight is 274 g/mol. The molecule has 0 saturated carbocycles. The van der Waals surface area contributed by atoms with Gasteiger partial charge in [0.25, 0.3) is 0 Å². The van der Waals surface area contributed by atoms with Crippen molar-refractivity contribution in [3.63, 3.8) is 0 Å². The number of alkyl halides is 1. The molecule has 18 heavy (non-hydrogen) atoms. The fourth-order valence-electron chi connectivity index (χ4n) is 1.38. The van der Waals surface area contributed by atoms with Crippen molar-refractivity contribution in [3.8, 4) is 5.75 Å². The number of hydrogen-bond donors (Lipinski definition) is 2. The highest BCUT2D eigenvalue weighted by molar-refractivity contribution is 6.18. The number of nitrogens with one attached hydrogen (secondary N) is 1. The third-order valence-electron chi connectivity index (χ3n) is 2.28. The molecule has 0 aliphatic heterocycles. The maximum atomic E-state index is 9.40. The van der Waals surface area contributed by atoms with Crippen molar-refractivity contribution < 1.29 is 14.6 Å². The van der Waals surface area contributed by atoms with Crippen molar-refractivity contribution in [1.82, 2.24) is 0 Å². The standard InChI is InChI=1S/C13H20ClNO3/c1-2-17-7-8-18-13-6-4-3-5-12(13)15-10-11(16)9-14/h3-6,11,15-16H,2,7-10H2,1H3. The molecule has 0 spiro atoms. The summed E-state index contributed by atoms with van der Waals surface area (Å²) in [6.07, 6.45) is -0.567. The number of aliphatic hydroxyl groups excluding tert-OH is 1. The van der Waals surface area contributed by atoms with Crippen LogP contribution < -0.4 is 10.1 Å². The highest BCUT2D eigenvalue weighted by atomic mass is 35.5. The summed E-state index contributed by atoms with van der Waals surface area (Å²) < 4.78 is 10.8. The van der Waals surface area contributed by atoms with E-state index in [1.54, 1.807) is 0 Å². The summed E-state index contributed by atoms with van der Waals surface area (Å²) in [4.78, 5) is 0. The second-order valence-corrected chi connectivity index (χ2v) is 4.04. The average Bonchev–Trinajstić information content (AvgIpc) is 2.42. The molecule has 0 aromatic heterocycles. The Morgan fingerprint density at radius 3 is 2.83 bits per heavy atom. The summed E-state index contributed by atoms with van der Waals surface area (Å²) in [6.45, 7) is 4.10. The van der Waals surface area contributed by atoms with Crippen LogP contribution in [0.4, 0.5) is 5.69 Å². The van der Waals surface area contributed by atoms with E-state index in [1.165, 1.54) is 0 Å². The summed E-state index contributed by atoms with van der Waals surface area (Å²) in [5, 5.41) is 12.5. The number of ether oxygens (including phenoxy) is 2. The Morgan fingerprint density at radius 1 is 1.33 bits per heavy atom. The lowest BCUT2D eigenvalue weighted by molar-refractivity contribution is 0.110. The van der Waals surface area contributed by atoms with Gasteiger partial charge in [-0.05, 0) is 19.1 Å². The van der Waals surface area contributed by atoms with Crippen LogP contribution in [-0.2, 0) is 4.74 Å². The molecule has 0 saturated heterocycles. The van der Waals surface area contributed by atoms with Crippen molar-refractivity contribution in [1.29, 1.82) is 0 Å². The number of benzene rings is 1. The largest absolute Gasteiger partial charge is 0.489 e.